The molecule has 0 aliphatic heterocycles. The molecule has 0 heterocycles. The lowest BCUT2D eigenvalue weighted by molar-refractivity contribution is -0.384. The van der Waals surface area contributed by atoms with E-state index in [1.807, 2.05) is 31.2 Å². The van der Waals surface area contributed by atoms with Crippen LogP contribution in [0.3, 0.4) is 0 Å². The molecule has 0 aliphatic carbocycles. The second kappa shape index (κ2) is 6.69. The van der Waals surface area contributed by atoms with Gasteiger partial charge in [0.25, 0.3) is 5.69 Å². The SMILES string of the molecule is CCNc1cc(Oc2ccc(C(C)(C)C)cc2)ccc1[N+](=O)[O-]. The lowest BCUT2D eigenvalue weighted by Gasteiger charge is -2.19. The number of nitrogens with zero attached hydrogens (tertiary/aromatic N) is 1. The zero-order valence-corrected chi connectivity index (χ0v) is 13.9. The van der Waals surface area contributed by atoms with Crippen molar-refractivity contribution in [3.8, 4) is 11.5 Å². The van der Waals surface area contributed by atoms with Crippen LogP contribution in [0.1, 0.15) is 33.3 Å². The van der Waals surface area contributed by atoms with E-state index in [-0.39, 0.29) is 11.1 Å². The Bertz CT molecular complexity index is 688. The quantitative estimate of drug-likeness (QED) is 0.614. The summed E-state index contributed by atoms with van der Waals surface area (Å²) in [5.41, 5.74) is 1.81. The fourth-order valence-corrected chi connectivity index (χ4v) is 2.23. The third-order valence-electron chi connectivity index (χ3n) is 3.49. The molecule has 0 aliphatic rings. The average Bonchev–Trinajstić information content (AvgIpc) is 2.47. The van der Waals surface area contributed by atoms with Crippen molar-refractivity contribution in [3.63, 3.8) is 0 Å². The van der Waals surface area contributed by atoms with Crippen molar-refractivity contribution in [1.29, 1.82) is 0 Å². The molecule has 122 valence electrons. The minimum Gasteiger partial charge on any atom is -0.457 e. The molecule has 2 aromatic rings. The Kier molecular flexibility index (Phi) is 4.89. The Morgan fingerprint density at radius 3 is 2.22 bits per heavy atom. The molecule has 0 saturated carbocycles. The highest BCUT2D eigenvalue weighted by atomic mass is 16.6. The lowest BCUT2D eigenvalue weighted by atomic mass is 9.87. The third-order valence-corrected chi connectivity index (χ3v) is 3.49. The van der Waals surface area contributed by atoms with Crippen molar-refractivity contribution in [1.82, 2.24) is 0 Å². The first kappa shape index (κ1) is 16.8. The summed E-state index contributed by atoms with van der Waals surface area (Å²) in [6.07, 6.45) is 0. The molecule has 0 bridgehead atoms. The van der Waals surface area contributed by atoms with Crippen LogP contribution in [0, 0.1) is 10.1 Å². The highest BCUT2D eigenvalue weighted by molar-refractivity contribution is 5.64. The van der Waals surface area contributed by atoms with E-state index in [2.05, 4.69) is 26.1 Å². The fraction of sp³-hybridized carbons (Fsp3) is 0.333. The number of nitro groups is 1. The highest BCUT2D eigenvalue weighted by Crippen LogP contribution is 2.32. The lowest BCUT2D eigenvalue weighted by Crippen LogP contribution is -2.10. The van der Waals surface area contributed by atoms with Crippen LogP contribution < -0.4 is 10.1 Å². The molecule has 0 spiro atoms. The topological polar surface area (TPSA) is 64.4 Å². The van der Waals surface area contributed by atoms with E-state index in [0.717, 1.165) is 0 Å². The Labute approximate surface area is 136 Å². The molecule has 5 nitrogen and oxygen atoms in total. The molecular weight excluding hydrogens is 292 g/mol. The molecule has 23 heavy (non-hydrogen) atoms. The molecule has 2 aromatic carbocycles. The van der Waals surface area contributed by atoms with Gasteiger partial charge in [0.15, 0.2) is 0 Å². The van der Waals surface area contributed by atoms with E-state index in [4.69, 9.17) is 4.74 Å². The summed E-state index contributed by atoms with van der Waals surface area (Å²) in [5, 5.41) is 14.0. The minimum absolute atomic E-state index is 0.0438. The minimum atomic E-state index is -0.403. The number of benzene rings is 2. The Hall–Kier alpha value is -2.56. The summed E-state index contributed by atoms with van der Waals surface area (Å²) in [6, 6.07) is 12.6. The van der Waals surface area contributed by atoms with E-state index in [9.17, 15) is 10.1 Å². The first-order chi connectivity index (χ1) is 10.8. The summed E-state index contributed by atoms with van der Waals surface area (Å²) in [7, 11) is 0. The number of anilines is 1. The van der Waals surface area contributed by atoms with Crippen molar-refractivity contribution in [2.24, 2.45) is 0 Å². The predicted molar refractivity (Wildman–Crippen MR) is 92.5 cm³/mol. The van der Waals surface area contributed by atoms with Crippen LogP contribution in [0.5, 0.6) is 11.5 Å². The number of nitro benzene ring substituents is 1. The Morgan fingerprint density at radius 1 is 1.09 bits per heavy atom. The normalized spacial score (nSPS) is 11.1. The van der Waals surface area contributed by atoms with Crippen LogP contribution in [-0.2, 0) is 5.41 Å². The van der Waals surface area contributed by atoms with Crippen molar-refractivity contribution < 1.29 is 9.66 Å². The zero-order chi connectivity index (χ0) is 17.0. The first-order valence-electron chi connectivity index (χ1n) is 7.62. The largest absolute Gasteiger partial charge is 0.457 e. The van der Waals surface area contributed by atoms with E-state index < -0.39 is 4.92 Å². The van der Waals surface area contributed by atoms with Crippen molar-refractivity contribution >= 4 is 11.4 Å². The molecule has 0 unspecified atom stereocenters. The predicted octanol–water partition coefficient (Wildman–Crippen LogP) is 5.12. The summed E-state index contributed by atoms with van der Waals surface area (Å²) < 4.78 is 5.81. The monoisotopic (exact) mass is 314 g/mol. The molecule has 0 amide bonds. The van der Waals surface area contributed by atoms with Crippen LogP contribution in [0.25, 0.3) is 0 Å². The molecule has 2 rings (SSSR count). The van der Waals surface area contributed by atoms with Crippen molar-refractivity contribution in [2.75, 3.05) is 11.9 Å². The molecule has 0 saturated heterocycles. The highest BCUT2D eigenvalue weighted by Gasteiger charge is 2.15. The number of rotatable bonds is 5. The van der Waals surface area contributed by atoms with Crippen LogP contribution in [0.2, 0.25) is 0 Å². The second-order valence-electron chi connectivity index (χ2n) is 6.34. The molecule has 1 N–H and O–H groups in total. The van der Waals surface area contributed by atoms with E-state index in [0.29, 0.717) is 23.7 Å². The second-order valence-corrected chi connectivity index (χ2v) is 6.34. The van der Waals surface area contributed by atoms with Gasteiger partial charge in [-0.2, -0.15) is 0 Å². The van der Waals surface area contributed by atoms with Gasteiger partial charge >= 0.3 is 0 Å². The van der Waals surface area contributed by atoms with Gasteiger partial charge in [-0.15, -0.1) is 0 Å². The summed E-state index contributed by atoms with van der Waals surface area (Å²) in [4.78, 5) is 10.6. The average molecular weight is 314 g/mol. The van der Waals surface area contributed by atoms with Crippen LogP contribution in [0.4, 0.5) is 11.4 Å². The molecule has 0 radical (unpaired) electrons. The van der Waals surface area contributed by atoms with E-state index >= 15 is 0 Å². The molecular formula is C18H22N2O3. The van der Waals surface area contributed by atoms with Gasteiger partial charge in [0.1, 0.15) is 17.2 Å². The number of ether oxygens (including phenoxy) is 1. The van der Waals surface area contributed by atoms with E-state index in [1.165, 1.54) is 11.6 Å². The van der Waals surface area contributed by atoms with Gasteiger partial charge in [-0.1, -0.05) is 32.9 Å². The first-order valence-corrected chi connectivity index (χ1v) is 7.62. The van der Waals surface area contributed by atoms with Gasteiger partial charge in [0.2, 0.25) is 0 Å². The third kappa shape index (κ3) is 4.22. The van der Waals surface area contributed by atoms with Gasteiger partial charge in [0, 0.05) is 18.7 Å². The number of nitrogens with one attached hydrogen (secondary N) is 1. The maximum absolute atomic E-state index is 11.0. The number of hydrogen-bond acceptors (Lipinski definition) is 4. The summed E-state index contributed by atoms with van der Waals surface area (Å²) >= 11 is 0. The zero-order valence-electron chi connectivity index (χ0n) is 13.9. The van der Waals surface area contributed by atoms with Crippen molar-refractivity contribution in [3.05, 3.63) is 58.1 Å². The standard InChI is InChI=1S/C18H22N2O3/c1-5-19-16-12-15(10-11-17(16)20(21)22)23-14-8-6-13(7-9-14)18(2,3)4/h6-12,19H,5H2,1-4H3. The summed E-state index contributed by atoms with van der Waals surface area (Å²) in [5.74, 6) is 1.27. The van der Waals surface area contributed by atoms with Gasteiger partial charge in [-0.05, 0) is 36.1 Å². The van der Waals surface area contributed by atoms with E-state index in [1.54, 1.807) is 12.1 Å². The van der Waals surface area contributed by atoms with Crippen molar-refractivity contribution in [2.45, 2.75) is 33.1 Å². The summed E-state index contributed by atoms with van der Waals surface area (Å²) in [6.45, 7) is 8.96. The fourth-order valence-electron chi connectivity index (χ4n) is 2.23. The molecule has 0 atom stereocenters. The van der Waals surface area contributed by atoms with Crippen LogP contribution in [-0.4, -0.2) is 11.5 Å². The molecule has 5 heteroatoms. The van der Waals surface area contributed by atoms with Gasteiger partial charge in [-0.3, -0.25) is 10.1 Å². The molecule has 0 aromatic heterocycles. The Balaban J connectivity index is 2.23. The Morgan fingerprint density at radius 2 is 1.70 bits per heavy atom. The maximum Gasteiger partial charge on any atom is 0.292 e. The smallest absolute Gasteiger partial charge is 0.292 e. The van der Waals surface area contributed by atoms with Gasteiger partial charge < -0.3 is 10.1 Å². The van der Waals surface area contributed by atoms with Crippen LogP contribution >= 0.6 is 0 Å². The van der Waals surface area contributed by atoms with Crippen LogP contribution in [0.15, 0.2) is 42.5 Å². The number of hydrogen-bond donors (Lipinski definition) is 1. The van der Waals surface area contributed by atoms with Gasteiger partial charge in [0.05, 0.1) is 4.92 Å². The maximum atomic E-state index is 11.0. The molecule has 0 fully saturated rings. The van der Waals surface area contributed by atoms with Gasteiger partial charge in [-0.25, -0.2) is 0 Å².